The van der Waals surface area contributed by atoms with Crippen LogP contribution in [-0.4, -0.2) is 5.11 Å². The highest BCUT2D eigenvalue weighted by atomic mass is 127. The Labute approximate surface area is 117 Å². The Morgan fingerprint density at radius 3 is 2.69 bits per heavy atom. The molecule has 1 aromatic heterocycles. The van der Waals surface area contributed by atoms with Crippen molar-refractivity contribution < 1.29 is 5.11 Å². The van der Waals surface area contributed by atoms with Gasteiger partial charge in [-0.25, -0.2) is 0 Å². The minimum absolute atomic E-state index is 0.578. The van der Waals surface area contributed by atoms with Crippen molar-refractivity contribution in [1.82, 2.24) is 0 Å². The van der Waals surface area contributed by atoms with Crippen LogP contribution in [0.5, 0.6) is 0 Å². The smallest absolute Gasteiger partial charge is 0.113 e. The molecule has 1 aromatic carbocycles. The van der Waals surface area contributed by atoms with Gasteiger partial charge in [0.2, 0.25) is 0 Å². The van der Waals surface area contributed by atoms with E-state index in [-0.39, 0.29) is 0 Å². The zero-order valence-corrected chi connectivity index (χ0v) is 12.3. The largest absolute Gasteiger partial charge is 0.383 e. The third kappa shape index (κ3) is 2.59. The van der Waals surface area contributed by atoms with E-state index in [1.54, 1.807) is 0 Å². The van der Waals surface area contributed by atoms with E-state index in [0.717, 1.165) is 23.9 Å². The van der Waals surface area contributed by atoms with E-state index in [1.165, 1.54) is 11.3 Å². The second-order valence-corrected chi connectivity index (χ2v) is 6.49. The number of hydrogen-bond donors (Lipinski definition) is 1. The normalized spacial score (nSPS) is 12.8. The number of aliphatic hydroxyl groups is 1. The molecule has 1 heterocycles. The van der Waals surface area contributed by atoms with Crippen molar-refractivity contribution >= 4 is 45.5 Å². The molecule has 0 aliphatic carbocycles. The molecule has 1 N–H and O–H groups in total. The predicted molar refractivity (Wildman–Crippen MR) is 77.3 cm³/mol. The third-order valence-corrected chi connectivity index (χ3v) is 4.59. The van der Waals surface area contributed by atoms with Crippen molar-refractivity contribution in [2.75, 3.05) is 0 Å². The van der Waals surface area contributed by atoms with Gasteiger partial charge >= 0.3 is 0 Å². The van der Waals surface area contributed by atoms with Crippen LogP contribution in [0.2, 0.25) is 4.34 Å². The van der Waals surface area contributed by atoms with Crippen molar-refractivity contribution in [2.45, 2.75) is 13.0 Å². The van der Waals surface area contributed by atoms with E-state index in [4.69, 9.17) is 11.6 Å². The van der Waals surface area contributed by atoms with Crippen LogP contribution in [0.4, 0.5) is 0 Å². The molecule has 0 saturated heterocycles. The van der Waals surface area contributed by atoms with Crippen LogP contribution in [0.25, 0.3) is 0 Å². The number of halogens is 2. The Balaban J connectivity index is 2.35. The molecule has 2 rings (SSSR count). The van der Waals surface area contributed by atoms with Crippen LogP contribution in [0.1, 0.15) is 22.1 Å². The molecule has 1 unspecified atom stereocenters. The minimum atomic E-state index is -0.578. The van der Waals surface area contributed by atoms with E-state index in [0.29, 0.717) is 0 Å². The van der Waals surface area contributed by atoms with Gasteiger partial charge in [-0.2, -0.15) is 0 Å². The summed E-state index contributed by atoms with van der Waals surface area (Å²) < 4.78 is 1.87. The average molecular weight is 365 g/mol. The summed E-state index contributed by atoms with van der Waals surface area (Å²) in [7, 11) is 0. The molecule has 0 aliphatic rings. The van der Waals surface area contributed by atoms with Crippen molar-refractivity contribution in [1.29, 1.82) is 0 Å². The summed E-state index contributed by atoms with van der Waals surface area (Å²) in [5, 5.41) is 10.2. The van der Waals surface area contributed by atoms with Crippen molar-refractivity contribution in [3.05, 3.63) is 54.2 Å². The first-order chi connectivity index (χ1) is 7.58. The molecule has 16 heavy (non-hydrogen) atoms. The quantitative estimate of drug-likeness (QED) is 0.783. The number of rotatable bonds is 2. The molecule has 0 aliphatic heterocycles. The van der Waals surface area contributed by atoms with E-state index >= 15 is 0 Å². The van der Waals surface area contributed by atoms with Crippen LogP contribution in [-0.2, 0) is 0 Å². The van der Waals surface area contributed by atoms with Gasteiger partial charge in [0.05, 0.1) is 4.34 Å². The van der Waals surface area contributed by atoms with Gasteiger partial charge < -0.3 is 5.11 Å². The zero-order valence-electron chi connectivity index (χ0n) is 8.58. The molecule has 1 nitrogen and oxygen atoms in total. The van der Waals surface area contributed by atoms with Crippen molar-refractivity contribution in [2.24, 2.45) is 0 Å². The second kappa shape index (κ2) is 5.04. The number of aryl methyl sites for hydroxylation is 1. The fourth-order valence-electron chi connectivity index (χ4n) is 1.46. The summed E-state index contributed by atoms with van der Waals surface area (Å²) in [5.41, 5.74) is 1.93. The van der Waals surface area contributed by atoms with Crippen LogP contribution < -0.4 is 0 Å². The van der Waals surface area contributed by atoms with Crippen molar-refractivity contribution in [3.63, 3.8) is 0 Å². The molecule has 0 fully saturated rings. The third-order valence-electron chi connectivity index (χ3n) is 2.31. The number of hydrogen-bond acceptors (Lipinski definition) is 2. The summed E-state index contributed by atoms with van der Waals surface area (Å²) in [6.07, 6.45) is -0.578. The maximum absolute atomic E-state index is 10.2. The first-order valence-corrected chi connectivity index (χ1v) is 7.04. The molecule has 0 spiro atoms. The van der Waals surface area contributed by atoms with Crippen LogP contribution in [0.3, 0.4) is 0 Å². The summed E-state index contributed by atoms with van der Waals surface area (Å²) in [5.74, 6) is 0. The summed E-state index contributed by atoms with van der Waals surface area (Å²) in [4.78, 5) is 0.893. The zero-order chi connectivity index (χ0) is 11.7. The van der Waals surface area contributed by atoms with Gasteiger partial charge in [0.25, 0.3) is 0 Å². The maximum Gasteiger partial charge on any atom is 0.113 e. The number of benzene rings is 1. The molecule has 84 valence electrons. The molecule has 0 bridgehead atoms. The lowest BCUT2D eigenvalue weighted by Crippen LogP contribution is -1.96. The molecule has 2 aromatic rings. The van der Waals surface area contributed by atoms with Crippen molar-refractivity contribution in [3.8, 4) is 0 Å². The number of thiophene rings is 1. The lowest BCUT2D eigenvalue weighted by Gasteiger charge is -2.08. The molecular formula is C12H10ClIOS. The van der Waals surface area contributed by atoms with E-state index < -0.39 is 6.10 Å². The molecular weight excluding hydrogens is 355 g/mol. The average Bonchev–Trinajstić information content (AvgIpc) is 2.58. The van der Waals surface area contributed by atoms with E-state index in [9.17, 15) is 5.11 Å². The molecule has 0 saturated carbocycles. The Morgan fingerprint density at radius 1 is 1.38 bits per heavy atom. The van der Waals surface area contributed by atoms with Crippen LogP contribution in [0, 0.1) is 10.5 Å². The maximum atomic E-state index is 10.2. The van der Waals surface area contributed by atoms with E-state index in [2.05, 4.69) is 22.6 Å². The first-order valence-electron chi connectivity index (χ1n) is 4.77. The Bertz CT molecular complexity index is 490. The lowest BCUT2D eigenvalue weighted by molar-refractivity contribution is 0.224. The Kier molecular flexibility index (Phi) is 3.89. The first kappa shape index (κ1) is 12.4. The highest BCUT2D eigenvalue weighted by Gasteiger charge is 2.14. The standard InChI is InChI=1S/C12H10ClIOS/c1-7-5-10(16-12(7)13)11(15)8-3-2-4-9(14)6-8/h2-6,11,15H,1H3. The van der Waals surface area contributed by atoms with Gasteiger partial charge in [0.15, 0.2) is 0 Å². The monoisotopic (exact) mass is 364 g/mol. The minimum Gasteiger partial charge on any atom is -0.383 e. The SMILES string of the molecule is Cc1cc(C(O)c2cccc(I)c2)sc1Cl. The van der Waals surface area contributed by atoms with Crippen LogP contribution >= 0.6 is 45.5 Å². The van der Waals surface area contributed by atoms with E-state index in [1.807, 2.05) is 37.3 Å². The molecule has 0 amide bonds. The fraction of sp³-hybridized carbons (Fsp3) is 0.167. The molecule has 1 atom stereocenters. The highest BCUT2D eigenvalue weighted by Crippen LogP contribution is 2.34. The fourth-order valence-corrected chi connectivity index (χ4v) is 3.26. The Hall–Kier alpha value is -0.100. The van der Waals surface area contributed by atoms with Gasteiger partial charge in [-0.15, -0.1) is 11.3 Å². The van der Waals surface area contributed by atoms with Gasteiger partial charge in [0, 0.05) is 8.45 Å². The lowest BCUT2D eigenvalue weighted by atomic mass is 10.1. The predicted octanol–water partition coefficient (Wildman–Crippen LogP) is 4.40. The van der Waals surface area contributed by atoms with Gasteiger partial charge in [0.1, 0.15) is 6.10 Å². The topological polar surface area (TPSA) is 20.2 Å². The Morgan fingerprint density at radius 2 is 2.12 bits per heavy atom. The summed E-state index contributed by atoms with van der Waals surface area (Å²) in [6.45, 7) is 1.95. The molecule has 0 radical (unpaired) electrons. The van der Waals surface area contributed by atoms with Gasteiger partial charge in [-0.3, -0.25) is 0 Å². The van der Waals surface area contributed by atoms with Gasteiger partial charge in [-0.05, 0) is 58.8 Å². The highest BCUT2D eigenvalue weighted by molar-refractivity contribution is 14.1. The second-order valence-electron chi connectivity index (χ2n) is 3.56. The number of aliphatic hydroxyl groups excluding tert-OH is 1. The van der Waals surface area contributed by atoms with Gasteiger partial charge in [-0.1, -0.05) is 23.7 Å². The summed E-state index contributed by atoms with van der Waals surface area (Å²) >= 11 is 9.67. The summed E-state index contributed by atoms with van der Waals surface area (Å²) in [6, 6.07) is 9.80. The molecule has 4 heteroatoms. The van der Waals surface area contributed by atoms with Crippen LogP contribution in [0.15, 0.2) is 30.3 Å².